The minimum absolute atomic E-state index is 0.0317. The van der Waals surface area contributed by atoms with E-state index in [9.17, 15) is 19.2 Å². The Morgan fingerprint density at radius 1 is 1.06 bits per heavy atom. The summed E-state index contributed by atoms with van der Waals surface area (Å²) in [7, 11) is 0. The molecule has 3 N–H and O–H groups in total. The zero-order valence-corrected chi connectivity index (χ0v) is 18.5. The molecule has 2 rings (SSSR count). The lowest BCUT2D eigenvalue weighted by atomic mass is 9.95. The fourth-order valence-electron chi connectivity index (χ4n) is 3.47. The van der Waals surface area contributed by atoms with Crippen molar-refractivity contribution in [2.45, 2.75) is 71.1 Å². The lowest BCUT2D eigenvalue weighted by Gasteiger charge is -2.25. The highest BCUT2D eigenvalue weighted by Crippen LogP contribution is 2.19. The molecule has 1 aromatic carbocycles. The molecule has 0 aromatic heterocycles. The topological polar surface area (TPSA) is 114 Å². The van der Waals surface area contributed by atoms with Crippen LogP contribution in [-0.4, -0.2) is 48.4 Å². The van der Waals surface area contributed by atoms with E-state index in [2.05, 4.69) is 22.9 Å². The van der Waals surface area contributed by atoms with Gasteiger partial charge in [0.15, 0.2) is 0 Å². The summed E-state index contributed by atoms with van der Waals surface area (Å²) < 4.78 is 5.54. The molecule has 1 saturated heterocycles. The Morgan fingerprint density at radius 2 is 1.77 bits per heavy atom. The minimum atomic E-state index is -0.865. The summed E-state index contributed by atoms with van der Waals surface area (Å²) in [5, 5.41) is 7.87. The van der Waals surface area contributed by atoms with Crippen LogP contribution in [0, 0.1) is 5.92 Å². The summed E-state index contributed by atoms with van der Waals surface area (Å²) in [4.78, 5) is 50.2. The molecule has 0 spiro atoms. The zero-order valence-electron chi connectivity index (χ0n) is 18.5. The lowest BCUT2D eigenvalue weighted by Crippen LogP contribution is -2.53. The largest absolute Gasteiger partial charge is 0.460 e. The number of hydrogen-bond donors (Lipinski definition) is 3. The van der Waals surface area contributed by atoms with Gasteiger partial charge in [0.05, 0.1) is 6.42 Å². The molecule has 0 aliphatic carbocycles. The molecule has 1 aliphatic heterocycles. The maximum absolute atomic E-state index is 12.8. The average Bonchev–Trinajstić information content (AvgIpc) is 2.75. The second-order valence-electron chi connectivity index (χ2n) is 8.11. The van der Waals surface area contributed by atoms with Gasteiger partial charge < -0.3 is 20.7 Å². The third-order valence-electron chi connectivity index (χ3n) is 5.41. The molecule has 1 heterocycles. The van der Waals surface area contributed by atoms with E-state index in [1.54, 1.807) is 0 Å². The number of nitrogens with one attached hydrogen (secondary N) is 3. The fraction of sp³-hybridized carbons (Fsp3) is 0.565. The number of cyclic esters (lactones) is 1. The summed E-state index contributed by atoms with van der Waals surface area (Å²) >= 11 is 0. The quantitative estimate of drug-likeness (QED) is 0.591. The van der Waals surface area contributed by atoms with Crippen molar-refractivity contribution >= 4 is 23.7 Å². The first-order valence-electron chi connectivity index (χ1n) is 10.9. The first-order chi connectivity index (χ1) is 14.8. The van der Waals surface area contributed by atoms with E-state index in [0.717, 1.165) is 24.8 Å². The molecule has 0 saturated carbocycles. The normalized spacial score (nSPS) is 24.4. The van der Waals surface area contributed by atoms with Gasteiger partial charge >= 0.3 is 5.97 Å². The third kappa shape index (κ3) is 8.03. The highest BCUT2D eigenvalue weighted by atomic mass is 16.5. The van der Waals surface area contributed by atoms with E-state index in [4.69, 9.17) is 4.74 Å². The van der Waals surface area contributed by atoms with Crippen molar-refractivity contribution < 1.29 is 23.9 Å². The molecule has 170 valence electrons. The average molecular weight is 432 g/mol. The minimum Gasteiger partial charge on any atom is -0.460 e. The number of hydrogen-bond acceptors (Lipinski definition) is 5. The van der Waals surface area contributed by atoms with Crippen LogP contribution in [0.25, 0.3) is 0 Å². The molecule has 4 atom stereocenters. The molecular formula is C23H33N3O5. The molecule has 0 unspecified atom stereocenters. The van der Waals surface area contributed by atoms with Crippen LogP contribution >= 0.6 is 0 Å². The third-order valence-corrected chi connectivity index (χ3v) is 5.41. The number of benzene rings is 1. The Labute approximate surface area is 183 Å². The van der Waals surface area contributed by atoms with Gasteiger partial charge in [-0.15, -0.1) is 0 Å². The van der Waals surface area contributed by atoms with Gasteiger partial charge in [0.25, 0.3) is 0 Å². The number of amides is 3. The predicted molar refractivity (Wildman–Crippen MR) is 116 cm³/mol. The van der Waals surface area contributed by atoms with E-state index >= 15 is 0 Å². The van der Waals surface area contributed by atoms with Crippen molar-refractivity contribution in [3.8, 4) is 0 Å². The maximum atomic E-state index is 12.8. The van der Waals surface area contributed by atoms with Crippen LogP contribution in [-0.2, 0) is 30.3 Å². The summed E-state index contributed by atoms with van der Waals surface area (Å²) in [5.74, 6) is -1.96. The molecule has 3 amide bonds. The Bertz CT molecular complexity index is 768. The van der Waals surface area contributed by atoms with Crippen LogP contribution in [0.2, 0.25) is 0 Å². The van der Waals surface area contributed by atoms with Crippen molar-refractivity contribution in [2.24, 2.45) is 5.92 Å². The predicted octanol–water partition coefficient (Wildman–Crippen LogP) is 1.48. The number of esters is 1. The van der Waals surface area contributed by atoms with Crippen LogP contribution in [0.4, 0.5) is 0 Å². The van der Waals surface area contributed by atoms with E-state index in [-0.39, 0.29) is 31.2 Å². The Kier molecular flexibility index (Phi) is 9.49. The van der Waals surface area contributed by atoms with Crippen molar-refractivity contribution in [1.82, 2.24) is 16.0 Å². The van der Waals surface area contributed by atoms with E-state index in [1.807, 2.05) is 37.3 Å². The zero-order chi connectivity index (χ0) is 22.8. The van der Waals surface area contributed by atoms with E-state index < -0.39 is 36.0 Å². The van der Waals surface area contributed by atoms with Crippen LogP contribution in [0.3, 0.4) is 0 Å². The van der Waals surface area contributed by atoms with Crippen LogP contribution in [0.5, 0.6) is 0 Å². The summed E-state index contributed by atoms with van der Waals surface area (Å²) in [5.41, 5.74) is 0.878. The monoisotopic (exact) mass is 431 g/mol. The van der Waals surface area contributed by atoms with Crippen molar-refractivity contribution in [3.63, 3.8) is 0 Å². The van der Waals surface area contributed by atoms with E-state index in [1.165, 1.54) is 6.92 Å². The number of carbonyl (C=O) groups excluding carboxylic acids is 4. The molecule has 1 aliphatic rings. The number of carbonyl (C=O) groups is 4. The number of unbranched alkanes of at least 4 members (excludes halogenated alkanes) is 1. The van der Waals surface area contributed by atoms with Crippen molar-refractivity contribution in [2.75, 3.05) is 6.54 Å². The summed E-state index contributed by atoms with van der Waals surface area (Å²) in [6.45, 7) is 5.22. The summed E-state index contributed by atoms with van der Waals surface area (Å²) in [6, 6.07) is 7.60. The number of rotatable bonds is 6. The Balaban J connectivity index is 2.23. The van der Waals surface area contributed by atoms with Crippen molar-refractivity contribution in [1.29, 1.82) is 0 Å². The highest BCUT2D eigenvalue weighted by Gasteiger charge is 2.30. The second kappa shape index (κ2) is 12.1. The summed E-state index contributed by atoms with van der Waals surface area (Å²) in [6.07, 6.45) is 2.35. The molecule has 1 fully saturated rings. The SMILES string of the molecule is CCCC[C@H](C)[C@H]1CC(=O)N[C@H](Cc2ccccc2)C(=O)N[C@H](C)C(=O)NCC(=O)O1. The van der Waals surface area contributed by atoms with Crippen LogP contribution in [0.15, 0.2) is 30.3 Å². The van der Waals surface area contributed by atoms with Gasteiger partial charge in [-0.1, -0.05) is 57.0 Å². The van der Waals surface area contributed by atoms with Crippen LogP contribution < -0.4 is 16.0 Å². The molecule has 1 aromatic rings. The highest BCUT2D eigenvalue weighted by molar-refractivity contribution is 5.93. The van der Waals surface area contributed by atoms with Crippen molar-refractivity contribution in [3.05, 3.63) is 35.9 Å². The first-order valence-corrected chi connectivity index (χ1v) is 10.9. The Morgan fingerprint density at radius 3 is 2.45 bits per heavy atom. The van der Waals surface area contributed by atoms with Gasteiger partial charge in [-0.2, -0.15) is 0 Å². The molecule has 0 radical (unpaired) electrons. The molecular weight excluding hydrogens is 398 g/mol. The number of ether oxygens (including phenoxy) is 1. The second-order valence-corrected chi connectivity index (χ2v) is 8.11. The lowest BCUT2D eigenvalue weighted by molar-refractivity contribution is -0.153. The fourth-order valence-corrected chi connectivity index (χ4v) is 3.47. The molecule has 31 heavy (non-hydrogen) atoms. The van der Waals surface area contributed by atoms with E-state index in [0.29, 0.717) is 0 Å². The van der Waals surface area contributed by atoms with Gasteiger partial charge in [-0.05, 0) is 24.8 Å². The van der Waals surface area contributed by atoms with Gasteiger partial charge in [0.1, 0.15) is 24.7 Å². The maximum Gasteiger partial charge on any atom is 0.325 e. The molecule has 8 nitrogen and oxygen atoms in total. The Hall–Kier alpha value is -2.90. The first kappa shape index (κ1) is 24.4. The van der Waals surface area contributed by atoms with Gasteiger partial charge in [0, 0.05) is 6.42 Å². The smallest absolute Gasteiger partial charge is 0.325 e. The van der Waals surface area contributed by atoms with Gasteiger partial charge in [-0.3, -0.25) is 19.2 Å². The van der Waals surface area contributed by atoms with Gasteiger partial charge in [0.2, 0.25) is 17.7 Å². The molecule has 8 heteroatoms. The van der Waals surface area contributed by atoms with Gasteiger partial charge in [-0.25, -0.2) is 0 Å². The van der Waals surface area contributed by atoms with Crippen LogP contribution in [0.1, 0.15) is 52.0 Å². The standard InChI is InChI=1S/C23H33N3O5/c1-4-5-9-15(2)19-13-20(27)26-18(12-17-10-7-6-8-11-17)23(30)25-16(3)22(29)24-14-21(28)31-19/h6-8,10-11,15-16,18-19H,4-5,9,12-14H2,1-3H3,(H,24,29)(H,25,30)(H,26,27)/t15-,16+,18+,19+/m0/s1. The molecule has 0 bridgehead atoms.